The van der Waals surface area contributed by atoms with Crippen LogP contribution in [0.2, 0.25) is 0 Å². The molecule has 3 N–H and O–H groups in total. The van der Waals surface area contributed by atoms with Gasteiger partial charge in [0.15, 0.2) is 6.17 Å². The van der Waals surface area contributed by atoms with Crippen LogP contribution in [0.15, 0.2) is 41.3 Å². The van der Waals surface area contributed by atoms with Gasteiger partial charge in [-0.2, -0.15) is 4.72 Å². The lowest BCUT2D eigenvalue weighted by atomic mass is 10.1. The molecule has 21 heavy (non-hydrogen) atoms. The van der Waals surface area contributed by atoms with Gasteiger partial charge in [0.25, 0.3) is 0 Å². The fourth-order valence-corrected chi connectivity index (χ4v) is 3.58. The van der Waals surface area contributed by atoms with Crippen LogP contribution in [-0.2, 0) is 10.0 Å². The first-order chi connectivity index (χ1) is 9.63. The molecule has 0 aliphatic heterocycles. The number of benzene rings is 2. The molecule has 0 amide bonds. The van der Waals surface area contributed by atoms with Crippen molar-refractivity contribution in [2.45, 2.75) is 18.0 Å². The maximum absolute atomic E-state index is 12.7. The summed E-state index contributed by atoms with van der Waals surface area (Å²) in [6, 6.07) is 10.4. The molecule has 0 bridgehead atoms. The van der Waals surface area contributed by atoms with Crippen molar-refractivity contribution < 1.29 is 12.9 Å². The molecule has 2 rings (SSSR count). The molecule has 0 saturated heterocycles. The minimum Gasteiger partial charge on any atom is -0.398 e. The normalized spacial score (nSPS) is 14.3. The van der Waals surface area contributed by atoms with E-state index in [4.69, 9.17) is 5.73 Å². The summed E-state index contributed by atoms with van der Waals surface area (Å²) in [6.45, 7) is 1.84. The van der Waals surface area contributed by atoms with Crippen LogP contribution >= 0.6 is 0 Å². The van der Waals surface area contributed by atoms with E-state index in [0.29, 0.717) is 15.6 Å². The highest BCUT2D eigenvalue weighted by Crippen LogP contribution is 2.27. The van der Waals surface area contributed by atoms with Crippen LogP contribution in [-0.4, -0.2) is 40.2 Å². The molecule has 0 saturated carbocycles. The molecule has 6 heteroatoms. The van der Waals surface area contributed by atoms with E-state index >= 15 is 0 Å². The molecule has 5 nitrogen and oxygen atoms in total. The molecule has 0 radical (unpaired) electrons. The van der Waals surface area contributed by atoms with E-state index in [1.807, 2.05) is 46.3 Å². The zero-order chi connectivity index (χ0) is 15.8. The predicted molar refractivity (Wildman–Crippen MR) is 86.2 cm³/mol. The first-order valence-electron chi connectivity index (χ1n) is 6.73. The number of hydrogen-bond acceptors (Lipinski definition) is 3. The van der Waals surface area contributed by atoms with Crippen LogP contribution in [0.25, 0.3) is 10.8 Å². The molecule has 0 spiro atoms. The average molecular weight is 308 g/mol. The number of quaternary nitrogens is 1. The number of nitrogens with one attached hydrogen (secondary N) is 1. The average Bonchev–Trinajstić information content (AvgIpc) is 2.37. The molecule has 0 aromatic heterocycles. The predicted octanol–water partition coefficient (Wildman–Crippen LogP) is 1.75. The molecule has 114 valence electrons. The molecular weight excluding hydrogens is 286 g/mol. The van der Waals surface area contributed by atoms with Gasteiger partial charge in [0.2, 0.25) is 10.0 Å². The Morgan fingerprint density at radius 2 is 1.62 bits per heavy atom. The third kappa shape index (κ3) is 3.18. The van der Waals surface area contributed by atoms with E-state index in [1.54, 1.807) is 18.2 Å². The van der Waals surface area contributed by atoms with Gasteiger partial charge in [-0.1, -0.05) is 24.3 Å². The topological polar surface area (TPSA) is 72.2 Å². The van der Waals surface area contributed by atoms with Crippen molar-refractivity contribution in [3.63, 3.8) is 0 Å². The number of nitrogen functional groups attached to an aromatic ring is 1. The van der Waals surface area contributed by atoms with Crippen molar-refractivity contribution in [2.24, 2.45) is 0 Å². The Hall–Kier alpha value is -1.63. The van der Waals surface area contributed by atoms with Gasteiger partial charge >= 0.3 is 0 Å². The molecule has 1 atom stereocenters. The second-order valence-corrected chi connectivity index (χ2v) is 7.79. The van der Waals surface area contributed by atoms with Crippen molar-refractivity contribution in [3.8, 4) is 0 Å². The van der Waals surface area contributed by atoms with E-state index in [9.17, 15) is 8.42 Å². The van der Waals surface area contributed by atoms with Crippen molar-refractivity contribution in [1.29, 1.82) is 0 Å². The van der Waals surface area contributed by atoms with Gasteiger partial charge in [0, 0.05) is 23.4 Å². The summed E-state index contributed by atoms with van der Waals surface area (Å²) >= 11 is 0. The number of nitrogens with zero attached hydrogens (tertiary/aromatic N) is 1. The number of fused-ring (bicyclic) bond motifs is 1. The quantitative estimate of drug-likeness (QED) is 0.513. The van der Waals surface area contributed by atoms with E-state index in [1.165, 1.54) is 0 Å². The summed E-state index contributed by atoms with van der Waals surface area (Å²) < 4.78 is 28.5. The minimum atomic E-state index is -3.61. The van der Waals surface area contributed by atoms with Crippen molar-refractivity contribution in [3.05, 3.63) is 36.4 Å². The molecule has 0 fully saturated rings. The molecular formula is C15H22N3O2S+. The zero-order valence-electron chi connectivity index (χ0n) is 12.8. The number of sulfonamides is 1. The largest absolute Gasteiger partial charge is 0.398 e. The van der Waals surface area contributed by atoms with Gasteiger partial charge in [-0.05, 0) is 12.1 Å². The molecule has 0 aliphatic rings. The van der Waals surface area contributed by atoms with Gasteiger partial charge in [0.05, 0.1) is 26.0 Å². The smallest absolute Gasteiger partial charge is 0.245 e. The van der Waals surface area contributed by atoms with Gasteiger partial charge < -0.3 is 10.2 Å². The van der Waals surface area contributed by atoms with Crippen LogP contribution in [0, 0.1) is 0 Å². The van der Waals surface area contributed by atoms with E-state index in [2.05, 4.69) is 4.72 Å². The SMILES string of the molecule is CC(NS(=O)(=O)c1ccc(N)c2ccccc12)[N+](C)(C)C. The number of hydrogen-bond donors (Lipinski definition) is 2. The van der Waals surface area contributed by atoms with Gasteiger partial charge in [-0.15, -0.1) is 0 Å². The lowest BCUT2D eigenvalue weighted by Gasteiger charge is -2.31. The maximum Gasteiger partial charge on any atom is 0.245 e. The van der Waals surface area contributed by atoms with Crippen molar-refractivity contribution in [2.75, 3.05) is 26.9 Å². The summed E-state index contributed by atoms with van der Waals surface area (Å²) in [5.74, 6) is 0. The van der Waals surface area contributed by atoms with Crippen LogP contribution in [0.5, 0.6) is 0 Å². The van der Waals surface area contributed by atoms with Crippen molar-refractivity contribution >= 4 is 26.5 Å². The maximum atomic E-state index is 12.7. The Morgan fingerprint density at radius 1 is 1.05 bits per heavy atom. The fraction of sp³-hybridized carbons (Fsp3) is 0.333. The number of anilines is 1. The summed E-state index contributed by atoms with van der Waals surface area (Å²) in [6.07, 6.45) is -0.244. The van der Waals surface area contributed by atoms with Crippen molar-refractivity contribution in [1.82, 2.24) is 4.72 Å². The van der Waals surface area contributed by atoms with Crippen LogP contribution in [0.4, 0.5) is 5.69 Å². The highest BCUT2D eigenvalue weighted by atomic mass is 32.2. The first-order valence-corrected chi connectivity index (χ1v) is 8.22. The second kappa shape index (κ2) is 5.29. The van der Waals surface area contributed by atoms with Gasteiger partial charge in [-0.3, -0.25) is 0 Å². The lowest BCUT2D eigenvalue weighted by Crippen LogP contribution is -2.53. The minimum absolute atomic E-state index is 0.244. The molecule has 1 unspecified atom stereocenters. The molecule has 0 aliphatic carbocycles. The highest BCUT2D eigenvalue weighted by Gasteiger charge is 2.26. The monoisotopic (exact) mass is 308 g/mol. The number of rotatable bonds is 4. The fourth-order valence-electron chi connectivity index (χ4n) is 1.98. The summed E-state index contributed by atoms with van der Waals surface area (Å²) in [5.41, 5.74) is 6.49. The van der Waals surface area contributed by atoms with E-state index in [-0.39, 0.29) is 11.1 Å². The third-order valence-corrected chi connectivity index (χ3v) is 5.28. The Labute approximate surface area is 126 Å². The first kappa shape index (κ1) is 15.8. The van der Waals surface area contributed by atoms with Crippen LogP contribution < -0.4 is 10.5 Å². The molecule has 0 heterocycles. The third-order valence-electron chi connectivity index (χ3n) is 3.69. The second-order valence-electron chi connectivity index (χ2n) is 6.11. The Morgan fingerprint density at radius 3 is 2.19 bits per heavy atom. The summed E-state index contributed by atoms with van der Waals surface area (Å²) in [7, 11) is 2.21. The molecule has 2 aromatic rings. The van der Waals surface area contributed by atoms with Crippen LogP contribution in [0.3, 0.4) is 0 Å². The summed E-state index contributed by atoms with van der Waals surface area (Å²) in [5, 5.41) is 1.39. The Kier molecular flexibility index (Phi) is 3.97. The van der Waals surface area contributed by atoms with Gasteiger partial charge in [-0.25, -0.2) is 8.42 Å². The lowest BCUT2D eigenvalue weighted by molar-refractivity contribution is -0.895. The van der Waals surface area contributed by atoms with E-state index < -0.39 is 10.0 Å². The zero-order valence-corrected chi connectivity index (χ0v) is 13.6. The number of nitrogens with two attached hydrogens (primary N) is 1. The Bertz CT molecular complexity index is 764. The van der Waals surface area contributed by atoms with Gasteiger partial charge in [0.1, 0.15) is 0 Å². The highest BCUT2D eigenvalue weighted by molar-refractivity contribution is 7.89. The standard InChI is InChI=1S/C15H22N3O2S/c1-11(18(2,3)4)17-21(19,20)15-10-9-14(16)12-7-5-6-8-13(12)15/h5-11,17H,16H2,1-4H3/q+1. The summed E-state index contributed by atoms with van der Waals surface area (Å²) in [4.78, 5) is 0.257. The molecule has 2 aromatic carbocycles. The Balaban J connectivity index is 2.54. The van der Waals surface area contributed by atoms with E-state index in [0.717, 1.165) is 5.39 Å². The van der Waals surface area contributed by atoms with Crippen LogP contribution in [0.1, 0.15) is 6.92 Å².